The first-order chi connectivity index (χ1) is 15.5. The molecule has 1 aliphatic rings. The van der Waals surface area contributed by atoms with Crippen LogP contribution in [0, 0.1) is 20.8 Å². The summed E-state index contributed by atoms with van der Waals surface area (Å²) < 4.78 is 5.78. The third-order valence-corrected chi connectivity index (χ3v) is 6.35. The van der Waals surface area contributed by atoms with Crippen LogP contribution in [0.1, 0.15) is 52.2 Å². The number of nitrogens with zero attached hydrogens (tertiary/aromatic N) is 4. The molecule has 0 bridgehead atoms. The van der Waals surface area contributed by atoms with Gasteiger partial charge in [0.1, 0.15) is 18.2 Å². The number of benzene rings is 1. The number of hydrogen-bond donors (Lipinski definition) is 0. The molecule has 32 heavy (non-hydrogen) atoms. The quantitative estimate of drug-likeness (QED) is 0.504. The van der Waals surface area contributed by atoms with E-state index in [9.17, 15) is 4.79 Å². The summed E-state index contributed by atoms with van der Waals surface area (Å²) in [7, 11) is 0. The number of ether oxygens (including phenoxy) is 1. The van der Waals surface area contributed by atoms with Gasteiger partial charge in [0.2, 0.25) is 5.91 Å². The van der Waals surface area contributed by atoms with E-state index in [-0.39, 0.29) is 5.91 Å². The van der Waals surface area contributed by atoms with E-state index in [1.807, 2.05) is 67.5 Å². The van der Waals surface area contributed by atoms with Crippen molar-refractivity contribution >= 4 is 23.3 Å². The Morgan fingerprint density at radius 3 is 2.41 bits per heavy atom. The van der Waals surface area contributed by atoms with Gasteiger partial charge in [-0.05, 0) is 63.5 Å². The number of likely N-dealkylation sites (tertiary alicyclic amines) is 1. The Morgan fingerprint density at radius 2 is 1.78 bits per heavy atom. The molecule has 1 saturated heterocycles. The summed E-state index contributed by atoms with van der Waals surface area (Å²) >= 11 is 1.62. The summed E-state index contributed by atoms with van der Waals surface area (Å²) in [4.78, 5) is 28.1. The minimum atomic E-state index is 0.0454. The summed E-state index contributed by atoms with van der Waals surface area (Å²) in [6.07, 6.45) is 5.30. The van der Waals surface area contributed by atoms with Gasteiger partial charge >= 0.3 is 0 Å². The zero-order valence-corrected chi connectivity index (χ0v) is 19.6. The lowest BCUT2D eigenvalue weighted by atomic mass is 9.95. The maximum atomic E-state index is 12.6. The highest BCUT2D eigenvalue weighted by Gasteiger charge is 2.24. The van der Waals surface area contributed by atoms with Crippen molar-refractivity contribution in [3.8, 4) is 5.75 Å². The van der Waals surface area contributed by atoms with Crippen LogP contribution in [0.5, 0.6) is 5.75 Å². The smallest absolute Gasteiger partial charge is 0.246 e. The zero-order chi connectivity index (χ0) is 22.5. The Kier molecular flexibility index (Phi) is 6.95. The molecule has 0 atom stereocenters. The van der Waals surface area contributed by atoms with Crippen molar-refractivity contribution in [3.63, 3.8) is 0 Å². The molecule has 1 amide bonds. The second-order valence-corrected chi connectivity index (χ2v) is 9.22. The van der Waals surface area contributed by atoms with E-state index < -0.39 is 0 Å². The maximum Gasteiger partial charge on any atom is 0.246 e. The average Bonchev–Trinajstić information content (AvgIpc) is 3.21. The molecule has 6 nitrogen and oxygen atoms in total. The topological polar surface area (TPSA) is 68.2 Å². The Balaban J connectivity index is 1.27. The summed E-state index contributed by atoms with van der Waals surface area (Å²) in [5.41, 5.74) is 3.91. The van der Waals surface area contributed by atoms with E-state index in [1.54, 1.807) is 17.4 Å². The van der Waals surface area contributed by atoms with Crippen LogP contribution in [-0.4, -0.2) is 38.8 Å². The Labute approximate surface area is 193 Å². The van der Waals surface area contributed by atoms with Gasteiger partial charge in [0.05, 0.1) is 10.7 Å². The highest BCUT2D eigenvalue weighted by molar-refractivity contribution is 7.09. The molecular weight excluding hydrogens is 420 g/mol. The van der Waals surface area contributed by atoms with Gasteiger partial charge in [-0.15, -0.1) is 11.3 Å². The third kappa shape index (κ3) is 5.79. The largest absolute Gasteiger partial charge is 0.487 e. The van der Waals surface area contributed by atoms with E-state index in [2.05, 4.69) is 15.0 Å². The van der Waals surface area contributed by atoms with Crippen molar-refractivity contribution in [1.29, 1.82) is 0 Å². The molecule has 0 unspecified atom stereocenters. The Morgan fingerprint density at radius 1 is 1.09 bits per heavy atom. The van der Waals surface area contributed by atoms with Crippen molar-refractivity contribution in [3.05, 3.63) is 75.3 Å². The minimum absolute atomic E-state index is 0.0454. The van der Waals surface area contributed by atoms with Crippen molar-refractivity contribution in [1.82, 2.24) is 19.9 Å². The molecule has 0 radical (unpaired) electrons. The van der Waals surface area contributed by atoms with Crippen molar-refractivity contribution < 1.29 is 9.53 Å². The fraction of sp³-hybridized carbons (Fsp3) is 0.360. The minimum Gasteiger partial charge on any atom is -0.487 e. The van der Waals surface area contributed by atoms with Crippen molar-refractivity contribution in [2.24, 2.45) is 0 Å². The number of piperidine rings is 1. The molecule has 166 valence electrons. The fourth-order valence-electron chi connectivity index (χ4n) is 3.87. The van der Waals surface area contributed by atoms with Crippen LogP contribution in [0.4, 0.5) is 0 Å². The van der Waals surface area contributed by atoms with Crippen molar-refractivity contribution in [2.75, 3.05) is 13.1 Å². The first kappa shape index (κ1) is 22.1. The monoisotopic (exact) mass is 448 g/mol. The number of thiazole rings is 1. The lowest BCUT2D eigenvalue weighted by Crippen LogP contribution is -2.37. The van der Waals surface area contributed by atoms with E-state index >= 15 is 0 Å². The van der Waals surface area contributed by atoms with Crippen LogP contribution in [-0.2, 0) is 11.4 Å². The fourth-order valence-corrected chi connectivity index (χ4v) is 4.47. The molecule has 0 spiro atoms. The molecule has 1 aromatic carbocycles. The van der Waals surface area contributed by atoms with Crippen LogP contribution in [0.3, 0.4) is 0 Å². The van der Waals surface area contributed by atoms with Crippen LogP contribution in [0.2, 0.25) is 0 Å². The van der Waals surface area contributed by atoms with Crippen LogP contribution >= 0.6 is 11.3 Å². The number of hydrogen-bond acceptors (Lipinski definition) is 6. The number of aryl methyl sites for hydroxylation is 3. The molecular formula is C25H28N4O2S. The standard InChI is InChI=1S/C25H28N4O2S/c1-17-14-18(2)27-25(26-17)21-10-12-29(13-11-21)24(30)9-6-20-4-7-23(8-5-20)31-15-22-16-32-19(3)28-22/h4-9,14,16,21H,10-13,15H2,1-3H3/b9-6+. The molecule has 0 saturated carbocycles. The first-order valence-electron chi connectivity index (χ1n) is 10.9. The number of carbonyl (C=O) groups excluding carboxylic acids is 1. The van der Waals surface area contributed by atoms with Gasteiger partial charge in [-0.3, -0.25) is 4.79 Å². The second-order valence-electron chi connectivity index (χ2n) is 8.16. The normalized spacial score (nSPS) is 14.8. The predicted molar refractivity (Wildman–Crippen MR) is 127 cm³/mol. The molecule has 0 aliphatic carbocycles. The first-order valence-corrected chi connectivity index (χ1v) is 11.8. The number of amides is 1. The molecule has 0 N–H and O–H groups in total. The van der Waals surface area contributed by atoms with E-state index in [4.69, 9.17) is 4.74 Å². The molecule has 3 aromatic rings. The van der Waals surface area contributed by atoms with Crippen LogP contribution in [0.15, 0.2) is 41.8 Å². The molecule has 3 heterocycles. The summed E-state index contributed by atoms with van der Waals surface area (Å²) in [5.74, 6) is 2.07. The third-order valence-electron chi connectivity index (χ3n) is 5.52. The molecule has 2 aromatic heterocycles. The number of carbonyl (C=O) groups is 1. The number of aromatic nitrogens is 3. The average molecular weight is 449 g/mol. The predicted octanol–water partition coefficient (Wildman–Crippen LogP) is 4.86. The SMILES string of the molecule is Cc1cc(C)nc(C2CCN(C(=O)/C=C/c3ccc(OCc4csc(C)n4)cc3)CC2)n1. The van der Waals surface area contributed by atoms with Gasteiger partial charge < -0.3 is 9.64 Å². The number of rotatable bonds is 6. The lowest BCUT2D eigenvalue weighted by molar-refractivity contribution is -0.127. The molecule has 1 aliphatic heterocycles. The van der Waals surface area contributed by atoms with Crippen LogP contribution < -0.4 is 4.74 Å². The summed E-state index contributed by atoms with van der Waals surface area (Å²) in [6, 6.07) is 9.73. The van der Waals surface area contributed by atoms with Gasteiger partial charge in [-0.1, -0.05) is 12.1 Å². The van der Waals surface area contributed by atoms with Gasteiger partial charge in [0.25, 0.3) is 0 Å². The van der Waals surface area contributed by atoms with E-state index in [1.165, 1.54) is 0 Å². The Bertz CT molecular complexity index is 1080. The van der Waals surface area contributed by atoms with Crippen LogP contribution in [0.25, 0.3) is 6.08 Å². The van der Waals surface area contributed by atoms with Crippen molar-refractivity contribution in [2.45, 2.75) is 46.1 Å². The molecule has 7 heteroatoms. The summed E-state index contributed by atoms with van der Waals surface area (Å²) in [6.45, 7) is 7.91. The van der Waals surface area contributed by atoms with Gasteiger partial charge in [-0.2, -0.15) is 0 Å². The highest BCUT2D eigenvalue weighted by Crippen LogP contribution is 2.26. The second kappa shape index (κ2) is 10.0. The lowest BCUT2D eigenvalue weighted by Gasteiger charge is -2.30. The van der Waals surface area contributed by atoms with Gasteiger partial charge in [0.15, 0.2) is 0 Å². The van der Waals surface area contributed by atoms with E-state index in [0.29, 0.717) is 12.5 Å². The Hall–Kier alpha value is -3.06. The molecule has 1 fully saturated rings. The van der Waals surface area contributed by atoms with Gasteiger partial charge in [-0.25, -0.2) is 15.0 Å². The molecule has 4 rings (SSSR count). The highest BCUT2D eigenvalue weighted by atomic mass is 32.1. The van der Waals surface area contributed by atoms with E-state index in [0.717, 1.165) is 65.2 Å². The zero-order valence-electron chi connectivity index (χ0n) is 18.7. The van der Waals surface area contributed by atoms with Gasteiger partial charge in [0, 0.05) is 41.9 Å². The maximum absolute atomic E-state index is 12.6. The summed E-state index contributed by atoms with van der Waals surface area (Å²) in [5, 5.41) is 3.05.